The molecule has 0 aliphatic heterocycles. The van der Waals surface area contributed by atoms with Gasteiger partial charge in [0.05, 0.1) is 0 Å². The predicted octanol–water partition coefficient (Wildman–Crippen LogP) is 2.04. The molecule has 0 N–H and O–H groups in total. The third-order valence-corrected chi connectivity index (χ3v) is 1.53. The maximum Gasteiger partial charge on any atom is 0.186 e. The molecule has 1 heteroatoms. The molecule has 0 saturated heterocycles. The fourth-order valence-electron chi connectivity index (χ4n) is 0.934. The third kappa shape index (κ3) is 1.43. The van der Waals surface area contributed by atoms with Crippen LogP contribution in [0.4, 0.5) is 0 Å². The van der Waals surface area contributed by atoms with Gasteiger partial charge in [0.2, 0.25) is 0 Å². The Morgan fingerprint density at radius 1 is 1.50 bits per heavy atom. The molecule has 1 nitrogen and oxygen atoms in total. The number of rotatable bonds is 2. The van der Waals surface area contributed by atoms with Gasteiger partial charge in [0.25, 0.3) is 0 Å². The summed E-state index contributed by atoms with van der Waals surface area (Å²) in [5, 5.41) is 0. The van der Waals surface area contributed by atoms with E-state index in [1.165, 1.54) is 6.08 Å². The van der Waals surface area contributed by atoms with Gasteiger partial charge in [0, 0.05) is 11.1 Å². The van der Waals surface area contributed by atoms with Crippen LogP contribution in [0, 0.1) is 12.3 Å². The highest BCUT2D eigenvalue weighted by Crippen LogP contribution is 2.07. The Labute approximate surface area is 71.7 Å². The lowest BCUT2D eigenvalue weighted by molar-refractivity contribution is 0.104. The summed E-state index contributed by atoms with van der Waals surface area (Å²) in [6.45, 7) is 3.39. The van der Waals surface area contributed by atoms with Gasteiger partial charge in [-0.3, -0.25) is 4.79 Å². The van der Waals surface area contributed by atoms with E-state index in [0.29, 0.717) is 11.1 Å². The number of carbonyl (C=O) groups excluding carboxylic acids is 1. The summed E-state index contributed by atoms with van der Waals surface area (Å²) in [7, 11) is 0. The Kier molecular flexibility index (Phi) is 2.45. The van der Waals surface area contributed by atoms with Gasteiger partial charge in [-0.15, -0.1) is 6.42 Å². The van der Waals surface area contributed by atoms with Crippen LogP contribution in [0.15, 0.2) is 36.9 Å². The smallest absolute Gasteiger partial charge is 0.186 e. The average Bonchev–Trinajstić information content (AvgIpc) is 2.16. The molecule has 0 atom stereocenters. The second-order valence-electron chi connectivity index (χ2n) is 2.26. The molecule has 0 aromatic heterocycles. The molecule has 0 saturated carbocycles. The molecule has 0 amide bonds. The van der Waals surface area contributed by atoms with Gasteiger partial charge in [0.1, 0.15) is 0 Å². The molecular weight excluding hydrogens is 148 g/mol. The second kappa shape index (κ2) is 3.54. The molecule has 0 heterocycles. The van der Waals surface area contributed by atoms with Crippen LogP contribution in [-0.2, 0) is 0 Å². The van der Waals surface area contributed by atoms with Crippen LogP contribution in [0.3, 0.4) is 0 Å². The Balaban J connectivity index is 3.24. The van der Waals surface area contributed by atoms with Crippen molar-refractivity contribution in [2.24, 2.45) is 0 Å². The van der Waals surface area contributed by atoms with Crippen molar-refractivity contribution in [3.05, 3.63) is 48.0 Å². The van der Waals surface area contributed by atoms with Crippen LogP contribution in [-0.4, -0.2) is 5.78 Å². The van der Waals surface area contributed by atoms with E-state index < -0.39 is 0 Å². The maximum atomic E-state index is 11.2. The monoisotopic (exact) mass is 156 g/mol. The molecule has 0 bridgehead atoms. The topological polar surface area (TPSA) is 17.1 Å². The second-order valence-corrected chi connectivity index (χ2v) is 2.26. The number of ketones is 1. The molecule has 0 fully saturated rings. The van der Waals surface area contributed by atoms with Crippen LogP contribution in [0.2, 0.25) is 0 Å². The molecule has 0 radical (unpaired) electrons. The normalized spacial score (nSPS) is 8.58. The van der Waals surface area contributed by atoms with E-state index in [1.807, 2.05) is 0 Å². The summed E-state index contributed by atoms with van der Waals surface area (Å²) in [6, 6.07) is 7.00. The first-order valence-electron chi connectivity index (χ1n) is 3.52. The summed E-state index contributed by atoms with van der Waals surface area (Å²) in [5.74, 6) is 2.31. The Morgan fingerprint density at radius 2 is 2.17 bits per heavy atom. The van der Waals surface area contributed by atoms with Gasteiger partial charge in [-0.05, 0) is 18.2 Å². The molecule has 0 unspecified atom stereocenters. The van der Waals surface area contributed by atoms with Gasteiger partial charge in [-0.25, -0.2) is 0 Å². The molecule has 58 valence electrons. The standard InChI is InChI=1S/C11H8O/c1-3-9-7-5-6-8-10(9)11(12)4-2/h1,4-8H,2H2. The summed E-state index contributed by atoms with van der Waals surface area (Å²) in [4.78, 5) is 11.2. The molecule has 1 rings (SSSR count). The first kappa shape index (κ1) is 8.29. The van der Waals surface area contributed by atoms with Crippen molar-refractivity contribution in [3.63, 3.8) is 0 Å². The lowest BCUT2D eigenvalue weighted by Crippen LogP contribution is -1.96. The van der Waals surface area contributed by atoms with Gasteiger partial charge >= 0.3 is 0 Å². The lowest BCUT2D eigenvalue weighted by atomic mass is 10.0. The van der Waals surface area contributed by atoms with Gasteiger partial charge < -0.3 is 0 Å². The van der Waals surface area contributed by atoms with E-state index in [4.69, 9.17) is 6.42 Å². The molecule has 1 aromatic carbocycles. The largest absolute Gasteiger partial charge is 0.289 e. The Bertz CT molecular complexity index is 356. The van der Waals surface area contributed by atoms with Crippen molar-refractivity contribution in [1.82, 2.24) is 0 Å². The van der Waals surface area contributed by atoms with Crippen LogP contribution >= 0.6 is 0 Å². The van der Waals surface area contributed by atoms with E-state index >= 15 is 0 Å². The zero-order valence-electron chi connectivity index (χ0n) is 6.58. The average molecular weight is 156 g/mol. The minimum absolute atomic E-state index is 0.136. The molecule has 0 aliphatic rings. The predicted molar refractivity (Wildman–Crippen MR) is 48.9 cm³/mol. The molecule has 0 aliphatic carbocycles. The van der Waals surface area contributed by atoms with E-state index in [2.05, 4.69) is 12.5 Å². The summed E-state index contributed by atoms with van der Waals surface area (Å²) < 4.78 is 0. The Hall–Kier alpha value is -1.81. The minimum atomic E-state index is -0.136. The SMILES string of the molecule is C#Cc1ccccc1C(=O)C=C. The van der Waals surface area contributed by atoms with Gasteiger partial charge in [0.15, 0.2) is 5.78 Å². The summed E-state index contributed by atoms with van der Waals surface area (Å²) in [5.41, 5.74) is 1.15. The molecule has 12 heavy (non-hydrogen) atoms. The van der Waals surface area contributed by atoms with Gasteiger partial charge in [-0.1, -0.05) is 24.6 Å². The van der Waals surface area contributed by atoms with Crippen molar-refractivity contribution in [3.8, 4) is 12.3 Å². The number of hydrogen-bond acceptors (Lipinski definition) is 1. The molecule has 1 aromatic rings. The molecular formula is C11H8O. The first-order chi connectivity index (χ1) is 5.79. The number of hydrogen-bond donors (Lipinski definition) is 0. The molecule has 0 spiro atoms. The number of terminal acetylenes is 1. The summed E-state index contributed by atoms with van der Waals surface area (Å²) in [6.07, 6.45) is 6.47. The van der Waals surface area contributed by atoms with Crippen molar-refractivity contribution in [1.29, 1.82) is 0 Å². The van der Waals surface area contributed by atoms with E-state index in [-0.39, 0.29) is 5.78 Å². The van der Waals surface area contributed by atoms with E-state index in [9.17, 15) is 4.79 Å². The highest BCUT2D eigenvalue weighted by Gasteiger charge is 2.03. The highest BCUT2D eigenvalue weighted by atomic mass is 16.1. The highest BCUT2D eigenvalue weighted by molar-refractivity contribution is 6.05. The Morgan fingerprint density at radius 3 is 2.75 bits per heavy atom. The van der Waals surface area contributed by atoms with Crippen molar-refractivity contribution in [2.75, 3.05) is 0 Å². The van der Waals surface area contributed by atoms with Crippen LogP contribution in [0.1, 0.15) is 15.9 Å². The van der Waals surface area contributed by atoms with Crippen LogP contribution in [0.25, 0.3) is 0 Å². The van der Waals surface area contributed by atoms with E-state index in [0.717, 1.165) is 0 Å². The van der Waals surface area contributed by atoms with Crippen molar-refractivity contribution >= 4 is 5.78 Å². The quantitative estimate of drug-likeness (QED) is 0.364. The van der Waals surface area contributed by atoms with Gasteiger partial charge in [-0.2, -0.15) is 0 Å². The summed E-state index contributed by atoms with van der Waals surface area (Å²) >= 11 is 0. The van der Waals surface area contributed by atoms with Crippen molar-refractivity contribution in [2.45, 2.75) is 0 Å². The zero-order valence-corrected chi connectivity index (χ0v) is 6.58. The van der Waals surface area contributed by atoms with Crippen LogP contribution in [0.5, 0.6) is 0 Å². The van der Waals surface area contributed by atoms with Crippen molar-refractivity contribution < 1.29 is 4.79 Å². The lowest BCUT2D eigenvalue weighted by Gasteiger charge is -1.97. The third-order valence-electron chi connectivity index (χ3n) is 1.53. The fraction of sp³-hybridized carbons (Fsp3) is 0. The zero-order chi connectivity index (χ0) is 8.97. The first-order valence-corrected chi connectivity index (χ1v) is 3.52. The maximum absolute atomic E-state index is 11.2. The van der Waals surface area contributed by atoms with E-state index in [1.54, 1.807) is 24.3 Å². The fourth-order valence-corrected chi connectivity index (χ4v) is 0.934. The number of allylic oxidation sites excluding steroid dienone is 1. The van der Waals surface area contributed by atoms with Crippen LogP contribution < -0.4 is 0 Å². The minimum Gasteiger partial charge on any atom is -0.289 e. The number of benzene rings is 1. The number of carbonyl (C=O) groups is 1.